The van der Waals surface area contributed by atoms with Crippen molar-refractivity contribution in [2.45, 2.75) is 26.2 Å². The number of hydrogen-bond donors (Lipinski definition) is 1. The normalized spacial score (nSPS) is 11.2. The zero-order valence-corrected chi connectivity index (χ0v) is 11.9. The Morgan fingerprint density at radius 2 is 1.60 bits per heavy atom. The van der Waals surface area contributed by atoms with Crippen LogP contribution < -0.4 is 4.74 Å². The summed E-state index contributed by atoms with van der Waals surface area (Å²) in [5.74, 6) is -0.0119. The van der Waals surface area contributed by atoms with Crippen molar-refractivity contribution in [1.82, 2.24) is 0 Å². The van der Waals surface area contributed by atoms with E-state index < -0.39 is 5.97 Å². The van der Waals surface area contributed by atoms with Crippen molar-refractivity contribution in [1.29, 1.82) is 0 Å². The molecule has 0 saturated heterocycles. The Balaban J connectivity index is 2.25. The maximum absolute atomic E-state index is 11.1. The van der Waals surface area contributed by atoms with E-state index in [9.17, 15) is 4.79 Å². The number of carbonyl (C=O) groups is 1. The molecule has 3 nitrogen and oxygen atoms in total. The summed E-state index contributed by atoms with van der Waals surface area (Å²) in [7, 11) is 0. The zero-order valence-electron chi connectivity index (χ0n) is 11.9. The van der Waals surface area contributed by atoms with Gasteiger partial charge in [-0.05, 0) is 35.2 Å². The topological polar surface area (TPSA) is 46.5 Å². The number of rotatable bonds is 3. The Morgan fingerprint density at radius 3 is 2.15 bits per heavy atom. The van der Waals surface area contributed by atoms with Crippen molar-refractivity contribution < 1.29 is 14.6 Å². The second kappa shape index (κ2) is 5.37. The fraction of sp³-hybridized carbons (Fsp3) is 0.235. The molecule has 0 radical (unpaired) electrons. The van der Waals surface area contributed by atoms with Gasteiger partial charge in [0.1, 0.15) is 17.1 Å². The molecule has 2 aromatic carbocycles. The van der Waals surface area contributed by atoms with E-state index in [1.165, 1.54) is 11.6 Å². The molecule has 0 aliphatic rings. The Bertz CT molecular complexity index is 607. The van der Waals surface area contributed by atoms with Crippen LogP contribution in [0.2, 0.25) is 0 Å². The number of carboxylic acid groups (broad SMARTS) is 1. The lowest BCUT2D eigenvalue weighted by molar-refractivity contribution is 0.0694. The van der Waals surface area contributed by atoms with E-state index in [-0.39, 0.29) is 11.0 Å². The molecular formula is C17H18O3. The summed E-state index contributed by atoms with van der Waals surface area (Å²) in [6.07, 6.45) is 0. The van der Waals surface area contributed by atoms with Crippen molar-refractivity contribution in [2.24, 2.45) is 0 Å². The van der Waals surface area contributed by atoms with E-state index >= 15 is 0 Å². The average Bonchev–Trinajstić information content (AvgIpc) is 2.38. The Morgan fingerprint density at radius 1 is 1.00 bits per heavy atom. The molecule has 0 fully saturated rings. The van der Waals surface area contributed by atoms with Crippen LogP contribution in [-0.2, 0) is 5.41 Å². The molecule has 0 bridgehead atoms. The van der Waals surface area contributed by atoms with Gasteiger partial charge in [0.15, 0.2) is 0 Å². The van der Waals surface area contributed by atoms with Gasteiger partial charge in [0.05, 0.1) is 0 Å². The molecule has 0 amide bonds. The Kier molecular flexibility index (Phi) is 3.79. The highest BCUT2D eigenvalue weighted by Crippen LogP contribution is 2.28. The third kappa shape index (κ3) is 3.18. The average molecular weight is 270 g/mol. The lowest BCUT2D eigenvalue weighted by Gasteiger charge is -2.19. The van der Waals surface area contributed by atoms with Crippen LogP contribution in [-0.4, -0.2) is 11.1 Å². The number of ether oxygens (including phenoxy) is 1. The van der Waals surface area contributed by atoms with E-state index in [1.807, 2.05) is 24.3 Å². The van der Waals surface area contributed by atoms with Crippen LogP contribution in [0, 0.1) is 0 Å². The third-order valence-corrected chi connectivity index (χ3v) is 3.07. The van der Waals surface area contributed by atoms with Gasteiger partial charge in [-0.25, -0.2) is 4.79 Å². The molecule has 0 saturated carbocycles. The monoisotopic (exact) mass is 270 g/mol. The Hall–Kier alpha value is -2.29. The molecule has 2 aromatic rings. The lowest BCUT2D eigenvalue weighted by atomic mass is 9.87. The fourth-order valence-electron chi connectivity index (χ4n) is 1.88. The first-order chi connectivity index (χ1) is 9.38. The molecule has 0 aliphatic heterocycles. The maximum Gasteiger partial charge on any atom is 0.339 e. The first-order valence-electron chi connectivity index (χ1n) is 6.48. The lowest BCUT2D eigenvalue weighted by Crippen LogP contribution is -2.10. The van der Waals surface area contributed by atoms with E-state index in [0.717, 1.165) is 0 Å². The fourth-order valence-corrected chi connectivity index (χ4v) is 1.88. The molecule has 104 valence electrons. The predicted molar refractivity (Wildman–Crippen MR) is 78.6 cm³/mol. The molecule has 0 aliphatic carbocycles. The highest BCUT2D eigenvalue weighted by atomic mass is 16.5. The maximum atomic E-state index is 11.1. The van der Waals surface area contributed by atoms with Gasteiger partial charge in [-0.1, -0.05) is 45.0 Å². The van der Waals surface area contributed by atoms with Crippen LogP contribution in [0.25, 0.3) is 0 Å². The van der Waals surface area contributed by atoms with Crippen molar-refractivity contribution >= 4 is 5.97 Å². The molecular weight excluding hydrogens is 252 g/mol. The third-order valence-electron chi connectivity index (χ3n) is 3.07. The minimum atomic E-state index is -0.994. The van der Waals surface area contributed by atoms with E-state index in [2.05, 4.69) is 20.8 Å². The van der Waals surface area contributed by atoms with Gasteiger partial charge in [-0.15, -0.1) is 0 Å². The van der Waals surface area contributed by atoms with E-state index in [1.54, 1.807) is 18.2 Å². The first-order valence-corrected chi connectivity index (χ1v) is 6.48. The molecule has 3 heteroatoms. The number of para-hydroxylation sites is 1. The Labute approximate surface area is 118 Å². The SMILES string of the molecule is CC(C)(C)c1ccc(Oc2ccccc2C(=O)O)cc1. The molecule has 0 unspecified atom stereocenters. The highest BCUT2D eigenvalue weighted by molar-refractivity contribution is 5.90. The second-order valence-corrected chi connectivity index (χ2v) is 5.68. The van der Waals surface area contributed by atoms with Gasteiger partial charge >= 0.3 is 5.97 Å². The van der Waals surface area contributed by atoms with Gasteiger partial charge in [0, 0.05) is 0 Å². The van der Waals surface area contributed by atoms with Crippen molar-refractivity contribution in [3.63, 3.8) is 0 Å². The molecule has 1 N–H and O–H groups in total. The largest absolute Gasteiger partial charge is 0.478 e. The summed E-state index contributed by atoms with van der Waals surface area (Å²) >= 11 is 0. The van der Waals surface area contributed by atoms with E-state index in [0.29, 0.717) is 11.5 Å². The summed E-state index contributed by atoms with van der Waals surface area (Å²) in [5, 5.41) is 9.11. The van der Waals surface area contributed by atoms with Gasteiger partial charge in [-0.3, -0.25) is 0 Å². The number of carboxylic acids is 1. The van der Waals surface area contributed by atoms with Crippen LogP contribution in [0.15, 0.2) is 48.5 Å². The van der Waals surface area contributed by atoms with Gasteiger partial charge in [-0.2, -0.15) is 0 Å². The molecule has 0 spiro atoms. The summed E-state index contributed by atoms with van der Waals surface area (Å²) < 4.78 is 5.66. The molecule has 2 rings (SSSR count). The van der Waals surface area contributed by atoms with Crippen molar-refractivity contribution in [3.05, 3.63) is 59.7 Å². The first kappa shape index (κ1) is 14.1. The minimum absolute atomic E-state index is 0.0809. The van der Waals surface area contributed by atoms with Gasteiger partial charge < -0.3 is 9.84 Å². The second-order valence-electron chi connectivity index (χ2n) is 5.68. The molecule has 0 aromatic heterocycles. The number of aromatic carboxylic acids is 1. The molecule has 20 heavy (non-hydrogen) atoms. The van der Waals surface area contributed by atoms with Crippen LogP contribution >= 0.6 is 0 Å². The summed E-state index contributed by atoms with van der Waals surface area (Å²) in [4.78, 5) is 11.1. The quantitative estimate of drug-likeness (QED) is 0.894. The summed E-state index contributed by atoms with van der Waals surface area (Å²) in [6.45, 7) is 6.42. The van der Waals surface area contributed by atoms with Crippen LogP contribution in [0.1, 0.15) is 36.7 Å². The summed E-state index contributed by atoms with van der Waals surface area (Å²) in [6, 6.07) is 14.3. The number of hydrogen-bond acceptors (Lipinski definition) is 2. The van der Waals surface area contributed by atoms with Crippen molar-refractivity contribution in [2.75, 3.05) is 0 Å². The van der Waals surface area contributed by atoms with Gasteiger partial charge in [0.2, 0.25) is 0 Å². The zero-order chi connectivity index (χ0) is 14.8. The van der Waals surface area contributed by atoms with Crippen LogP contribution in [0.3, 0.4) is 0 Å². The van der Waals surface area contributed by atoms with Crippen molar-refractivity contribution in [3.8, 4) is 11.5 Å². The summed E-state index contributed by atoms with van der Waals surface area (Å²) in [5.41, 5.74) is 1.45. The van der Waals surface area contributed by atoms with Crippen LogP contribution in [0.4, 0.5) is 0 Å². The van der Waals surface area contributed by atoms with Crippen LogP contribution in [0.5, 0.6) is 11.5 Å². The predicted octanol–water partition coefficient (Wildman–Crippen LogP) is 4.47. The van der Waals surface area contributed by atoms with Gasteiger partial charge in [0.25, 0.3) is 0 Å². The number of benzene rings is 2. The van der Waals surface area contributed by atoms with E-state index in [4.69, 9.17) is 9.84 Å². The smallest absolute Gasteiger partial charge is 0.339 e. The molecule has 0 heterocycles. The highest BCUT2D eigenvalue weighted by Gasteiger charge is 2.14. The molecule has 0 atom stereocenters. The standard InChI is InChI=1S/C17H18O3/c1-17(2,3)12-8-10-13(11-9-12)20-15-7-5-4-6-14(15)16(18)19/h4-11H,1-3H3,(H,18,19). The minimum Gasteiger partial charge on any atom is -0.478 e.